The minimum atomic E-state index is -0.473. The van der Waals surface area contributed by atoms with E-state index in [1.807, 2.05) is 61.3 Å². The number of hydrogen-bond donors (Lipinski definition) is 1. The minimum Gasteiger partial charge on any atom is -0.353 e. The van der Waals surface area contributed by atoms with E-state index >= 15 is 0 Å². The number of carbonyl (C=O) groups is 1. The Kier molecular flexibility index (Phi) is 5.64. The van der Waals surface area contributed by atoms with Crippen LogP contribution < -0.4 is 10.2 Å². The lowest BCUT2D eigenvalue weighted by molar-refractivity contribution is -0.385. The van der Waals surface area contributed by atoms with Crippen LogP contribution in [0.4, 0.5) is 17.2 Å². The van der Waals surface area contributed by atoms with Crippen molar-refractivity contribution in [2.45, 2.75) is 13.0 Å². The van der Waals surface area contributed by atoms with Crippen LogP contribution in [0.3, 0.4) is 0 Å². The molecule has 1 amide bonds. The summed E-state index contributed by atoms with van der Waals surface area (Å²) in [6, 6.07) is 19.6. The third-order valence-electron chi connectivity index (χ3n) is 4.55. The molecular formula is C21H20N4O3. The summed E-state index contributed by atoms with van der Waals surface area (Å²) in [5, 5.41) is 13.7. The minimum absolute atomic E-state index is 0.0459. The Morgan fingerprint density at radius 2 is 1.86 bits per heavy atom. The van der Waals surface area contributed by atoms with Crippen molar-refractivity contribution in [1.82, 2.24) is 4.98 Å². The van der Waals surface area contributed by atoms with Gasteiger partial charge in [0.1, 0.15) is 12.0 Å². The normalized spacial score (nSPS) is 11.5. The average Bonchev–Trinajstić information content (AvgIpc) is 2.73. The molecule has 28 heavy (non-hydrogen) atoms. The molecule has 2 aromatic carbocycles. The van der Waals surface area contributed by atoms with Crippen LogP contribution in [0.15, 0.2) is 72.9 Å². The van der Waals surface area contributed by atoms with Crippen LogP contribution in [-0.4, -0.2) is 22.9 Å². The van der Waals surface area contributed by atoms with Crippen molar-refractivity contribution in [1.29, 1.82) is 0 Å². The van der Waals surface area contributed by atoms with Gasteiger partial charge < -0.3 is 10.2 Å². The lowest BCUT2D eigenvalue weighted by Gasteiger charge is -2.26. The largest absolute Gasteiger partial charge is 0.353 e. The molecule has 1 atom stereocenters. The number of hydrogen-bond acceptors (Lipinski definition) is 5. The van der Waals surface area contributed by atoms with E-state index in [2.05, 4.69) is 10.3 Å². The van der Waals surface area contributed by atoms with Crippen LogP contribution in [-0.2, 0) is 0 Å². The molecule has 7 heteroatoms. The highest BCUT2D eigenvalue weighted by atomic mass is 16.6. The highest BCUT2D eigenvalue weighted by Gasteiger charge is 2.16. The third-order valence-corrected chi connectivity index (χ3v) is 4.55. The second kappa shape index (κ2) is 8.30. The van der Waals surface area contributed by atoms with E-state index in [-0.39, 0.29) is 17.6 Å². The summed E-state index contributed by atoms with van der Waals surface area (Å²) in [5.41, 5.74) is 2.22. The van der Waals surface area contributed by atoms with Gasteiger partial charge in [-0.2, -0.15) is 0 Å². The Morgan fingerprint density at radius 3 is 2.50 bits per heavy atom. The second-order valence-corrected chi connectivity index (χ2v) is 6.36. The number of aromatic nitrogens is 1. The molecule has 3 aromatic rings. The SMILES string of the molecule is C[C@@H](c1cccc(NC(=O)c2ccccc2)c1)N(C)c1ccc([N+](=O)[O-])cn1. The zero-order chi connectivity index (χ0) is 20.1. The van der Waals surface area contributed by atoms with Gasteiger partial charge in [-0.15, -0.1) is 0 Å². The predicted molar refractivity (Wildman–Crippen MR) is 109 cm³/mol. The molecule has 0 saturated heterocycles. The first-order valence-electron chi connectivity index (χ1n) is 8.75. The Balaban J connectivity index is 1.75. The van der Waals surface area contributed by atoms with Gasteiger partial charge in [0.2, 0.25) is 0 Å². The molecule has 0 radical (unpaired) electrons. The molecule has 1 N–H and O–H groups in total. The van der Waals surface area contributed by atoms with Crippen LogP contribution in [0.5, 0.6) is 0 Å². The summed E-state index contributed by atoms with van der Waals surface area (Å²) in [6.45, 7) is 2.00. The zero-order valence-corrected chi connectivity index (χ0v) is 15.6. The molecule has 7 nitrogen and oxygen atoms in total. The number of nitro groups is 1. The summed E-state index contributed by atoms with van der Waals surface area (Å²) in [4.78, 5) is 28.8. The van der Waals surface area contributed by atoms with Crippen molar-refractivity contribution < 1.29 is 9.72 Å². The monoisotopic (exact) mass is 376 g/mol. The molecule has 1 heterocycles. The van der Waals surface area contributed by atoms with Crippen LogP contribution in [0.1, 0.15) is 28.9 Å². The number of pyridine rings is 1. The first-order chi connectivity index (χ1) is 13.5. The molecule has 0 bridgehead atoms. The van der Waals surface area contributed by atoms with Gasteiger partial charge in [0.25, 0.3) is 11.6 Å². The van der Waals surface area contributed by atoms with Gasteiger partial charge in [-0.3, -0.25) is 14.9 Å². The highest BCUT2D eigenvalue weighted by molar-refractivity contribution is 6.04. The fraction of sp³-hybridized carbons (Fsp3) is 0.143. The van der Waals surface area contributed by atoms with Crippen LogP contribution in [0.25, 0.3) is 0 Å². The van der Waals surface area contributed by atoms with E-state index in [0.717, 1.165) is 5.56 Å². The van der Waals surface area contributed by atoms with Gasteiger partial charge in [-0.25, -0.2) is 4.98 Å². The molecular weight excluding hydrogens is 356 g/mol. The van der Waals surface area contributed by atoms with Gasteiger partial charge >= 0.3 is 0 Å². The van der Waals surface area contributed by atoms with E-state index in [1.54, 1.807) is 18.2 Å². The fourth-order valence-corrected chi connectivity index (χ4v) is 2.79. The Morgan fingerprint density at radius 1 is 1.11 bits per heavy atom. The number of amides is 1. The fourth-order valence-electron chi connectivity index (χ4n) is 2.79. The van der Waals surface area contributed by atoms with Crippen molar-refractivity contribution in [3.05, 3.63) is 94.2 Å². The predicted octanol–water partition coefficient (Wildman–Crippen LogP) is 4.44. The van der Waals surface area contributed by atoms with E-state index in [9.17, 15) is 14.9 Å². The molecule has 3 rings (SSSR count). The van der Waals surface area contributed by atoms with E-state index < -0.39 is 4.92 Å². The maximum Gasteiger partial charge on any atom is 0.287 e. The summed E-state index contributed by atoms with van der Waals surface area (Å²) in [6.07, 6.45) is 1.25. The number of nitrogens with zero attached hydrogens (tertiary/aromatic N) is 3. The first kappa shape index (κ1) is 19.0. The summed E-state index contributed by atoms with van der Waals surface area (Å²) >= 11 is 0. The van der Waals surface area contributed by atoms with Gasteiger partial charge in [0, 0.05) is 24.4 Å². The van der Waals surface area contributed by atoms with Crippen LogP contribution >= 0.6 is 0 Å². The molecule has 0 aliphatic carbocycles. The van der Waals surface area contributed by atoms with E-state index in [1.165, 1.54) is 12.3 Å². The van der Waals surface area contributed by atoms with E-state index in [4.69, 9.17) is 0 Å². The first-order valence-corrected chi connectivity index (χ1v) is 8.75. The number of anilines is 2. The molecule has 0 unspecified atom stereocenters. The topological polar surface area (TPSA) is 88.4 Å². The smallest absolute Gasteiger partial charge is 0.287 e. The van der Waals surface area contributed by atoms with Crippen LogP contribution in [0.2, 0.25) is 0 Å². The highest BCUT2D eigenvalue weighted by Crippen LogP contribution is 2.26. The maximum absolute atomic E-state index is 12.4. The third kappa shape index (κ3) is 4.32. The summed E-state index contributed by atoms with van der Waals surface area (Å²) in [5.74, 6) is 0.451. The van der Waals surface area contributed by atoms with Gasteiger partial charge in [0.05, 0.1) is 11.0 Å². The van der Waals surface area contributed by atoms with Gasteiger partial charge in [-0.05, 0) is 42.8 Å². The lowest BCUT2D eigenvalue weighted by Crippen LogP contribution is -2.22. The van der Waals surface area contributed by atoms with Crippen LogP contribution in [0, 0.1) is 10.1 Å². The summed E-state index contributed by atoms with van der Waals surface area (Å²) < 4.78 is 0. The lowest BCUT2D eigenvalue weighted by atomic mass is 10.1. The van der Waals surface area contributed by atoms with E-state index in [0.29, 0.717) is 17.1 Å². The van der Waals surface area contributed by atoms with Gasteiger partial charge in [0.15, 0.2) is 0 Å². The molecule has 142 valence electrons. The van der Waals surface area contributed by atoms with Crippen molar-refractivity contribution in [2.24, 2.45) is 0 Å². The van der Waals surface area contributed by atoms with Crippen molar-refractivity contribution in [3.8, 4) is 0 Å². The van der Waals surface area contributed by atoms with Gasteiger partial charge in [-0.1, -0.05) is 30.3 Å². The Bertz CT molecular complexity index is 974. The molecule has 0 aliphatic heterocycles. The number of carbonyl (C=O) groups excluding carboxylic acids is 1. The Hall–Kier alpha value is -3.74. The second-order valence-electron chi connectivity index (χ2n) is 6.36. The van der Waals surface area contributed by atoms with Crippen molar-refractivity contribution in [3.63, 3.8) is 0 Å². The average molecular weight is 376 g/mol. The molecule has 1 aromatic heterocycles. The molecule has 0 spiro atoms. The number of nitrogens with one attached hydrogen (secondary N) is 1. The molecule has 0 saturated carbocycles. The quantitative estimate of drug-likeness (QED) is 0.507. The standard InChI is InChI=1S/C21H20N4O3/c1-15(24(2)20-12-11-19(14-22-20)25(27)28)17-9-6-10-18(13-17)23-21(26)16-7-4-3-5-8-16/h3-15H,1-2H3,(H,23,26)/t15-/m0/s1. The number of rotatable bonds is 6. The molecule has 0 fully saturated rings. The van der Waals surface area contributed by atoms with Crippen molar-refractivity contribution in [2.75, 3.05) is 17.3 Å². The number of benzene rings is 2. The maximum atomic E-state index is 12.4. The Labute approximate surface area is 162 Å². The zero-order valence-electron chi connectivity index (χ0n) is 15.6. The molecule has 0 aliphatic rings. The van der Waals surface area contributed by atoms with Crippen molar-refractivity contribution >= 4 is 23.1 Å². The summed E-state index contributed by atoms with van der Waals surface area (Å²) in [7, 11) is 1.87.